The van der Waals surface area contributed by atoms with E-state index in [4.69, 9.17) is 11.6 Å². The van der Waals surface area contributed by atoms with Gasteiger partial charge in [0.2, 0.25) is 0 Å². The summed E-state index contributed by atoms with van der Waals surface area (Å²) in [4.78, 5) is 23.2. The van der Waals surface area contributed by atoms with Crippen LogP contribution in [-0.4, -0.2) is 23.5 Å². The molecule has 1 aliphatic carbocycles. The van der Waals surface area contributed by atoms with Crippen LogP contribution < -0.4 is 0 Å². The zero-order valence-corrected chi connectivity index (χ0v) is 10.7. The summed E-state index contributed by atoms with van der Waals surface area (Å²) in [7, 11) is 0. The van der Waals surface area contributed by atoms with Gasteiger partial charge in [0.15, 0.2) is 0 Å². The summed E-state index contributed by atoms with van der Waals surface area (Å²) in [5, 5.41) is 10.1. The van der Waals surface area contributed by atoms with Crippen molar-refractivity contribution in [1.82, 2.24) is 0 Å². The highest BCUT2D eigenvalue weighted by Crippen LogP contribution is 2.38. The first-order chi connectivity index (χ1) is 8.56. The molecule has 0 atom stereocenters. The van der Waals surface area contributed by atoms with E-state index in [9.17, 15) is 14.7 Å². The first-order valence-electron chi connectivity index (χ1n) is 5.81. The van der Waals surface area contributed by atoms with Crippen LogP contribution in [0.15, 0.2) is 6.07 Å². The third kappa shape index (κ3) is 2.08. The highest BCUT2D eigenvalue weighted by Gasteiger charge is 2.27. The van der Waals surface area contributed by atoms with Gasteiger partial charge in [-0.05, 0) is 43.4 Å². The van der Waals surface area contributed by atoms with Crippen molar-refractivity contribution in [2.24, 2.45) is 0 Å². The monoisotopic (exact) mass is 268 g/mol. The number of hydrogen-bond donors (Lipinski definition) is 1. The van der Waals surface area contributed by atoms with E-state index < -0.39 is 11.8 Å². The van der Waals surface area contributed by atoms with E-state index in [1.807, 2.05) is 0 Å². The maximum Gasteiger partial charge on any atom is 0.379 e. The molecule has 96 valence electrons. The molecule has 1 aliphatic rings. The second-order valence-electron chi connectivity index (χ2n) is 4.13. The van der Waals surface area contributed by atoms with Crippen molar-refractivity contribution < 1.29 is 19.4 Å². The zero-order chi connectivity index (χ0) is 13.3. The van der Waals surface area contributed by atoms with Crippen molar-refractivity contribution in [3.05, 3.63) is 27.8 Å². The fraction of sp³-hybridized carbons (Fsp3) is 0.385. The van der Waals surface area contributed by atoms with Crippen LogP contribution in [0, 0.1) is 0 Å². The number of carbonyl (C=O) groups is 2. The van der Waals surface area contributed by atoms with E-state index >= 15 is 0 Å². The molecule has 2 rings (SSSR count). The highest BCUT2D eigenvalue weighted by molar-refractivity contribution is 6.42. The van der Waals surface area contributed by atoms with Gasteiger partial charge in [0, 0.05) is 0 Å². The first-order valence-corrected chi connectivity index (χ1v) is 6.18. The zero-order valence-electron chi connectivity index (χ0n) is 9.96. The first kappa shape index (κ1) is 12.9. The Morgan fingerprint density at radius 1 is 1.44 bits per heavy atom. The molecular weight excluding hydrogens is 256 g/mol. The predicted octanol–water partition coefficient (Wildman–Crippen LogP) is 2.28. The average Bonchev–Trinajstić information content (AvgIpc) is 2.81. The normalized spacial score (nSPS) is 13.2. The molecule has 1 N–H and O–H groups in total. The van der Waals surface area contributed by atoms with Crippen LogP contribution in [-0.2, 0) is 22.4 Å². The van der Waals surface area contributed by atoms with Crippen molar-refractivity contribution >= 4 is 23.4 Å². The number of phenols is 1. The van der Waals surface area contributed by atoms with Crippen LogP contribution in [0.4, 0.5) is 0 Å². The van der Waals surface area contributed by atoms with E-state index in [1.165, 1.54) is 0 Å². The molecule has 0 spiro atoms. The van der Waals surface area contributed by atoms with Gasteiger partial charge in [-0.3, -0.25) is 4.79 Å². The number of carbonyl (C=O) groups excluding carboxylic acids is 2. The van der Waals surface area contributed by atoms with Crippen LogP contribution in [0.1, 0.15) is 34.8 Å². The summed E-state index contributed by atoms with van der Waals surface area (Å²) in [6.45, 7) is 1.73. The standard InChI is InChI=1S/C13H13ClO4/c1-2-18-13(17)12(16)9-6-7-4-3-5-8(7)10(14)11(9)15/h6,15H,2-5H2,1H3. The number of ether oxygens (including phenoxy) is 1. The minimum atomic E-state index is -0.971. The van der Waals surface area contributed by atoms with Crippen molar-refractivity contribution in [2.45, 2.75) is 26.2 Å². The van der Waals surface area contributed by atoms with Gasteiger partial charge in [0.05, 0.1) is 17.2 Å². The Balaban J connectivity index is 2.43. The number of Topliss-reactive ketones (excluding diaryl/α,β-unsaturated/α-hetero) is 1. The number of halogens is 1. The Morgan fingerprint density at radius 2 is 2.17 bits per heavy atom. The summed E-state index contributed by atoms with van der Waals surface area (Å²) in [5.74, 6) is -2.15. The number of fused-ring (bicyclic) bond motifs is 1. The topological polar surface area (TPSA) is 63.6 Å². The fourth-order valence-corrected chi connectivity index (χ4v) is 2.48. The smallest absolute Gasteiger partial charge is 0.379 e. The fourth-order valence-electron chi connectivity index (χ4n) is 2.16. The van der Waals surface area contributed by atoms with Gasteiger partial charge < -0.3 is 9.84 Å². The molecule has 0 aliphatic heterocycles. The Hall–Kier alpha value is -1.55. The summed E-state index contributed by atoms with van der Waals surface area (Å²) < 4.78 is 4.63. The lowest BCUT2D eigenvalue weighted by atomic mass is 10.0. The lowest BCUT2D eigenvalue weighted by Crippen LogP contribution is -2.18. The molecule has 4 nitrogen and oxygen atoms in total. The number of ketones is 1. The SMILES string of the molecule is CCOC(=O)C(=O)c1cc2c(c(Cl)c1O)CCC2. The molecule has 0 saturated carbocycles. The molecule has 1 aromatic rings. The molecule has 0 unspecified atom stereocenters. The third-order valence-corrected chi connectivity index (χ3v) is 3.42. The number of rotatable bonds is 3. The van der Waals surface area contributed by atoms with Gasteiger partial charge in [0.1, 0.15) is 5.75 Å². The highest BCUT2D eigenvalue weighted by atomic mass is 35.5. The van der Waals surface area contributed by atoms with Gasteiger partial charge in [-0.2, -0.15) is 0 Å². The van der Waals surface area contributed by atoms with Crippen LogP contribution in [0.5, 0.6) is 5.75 Å². The van der Waals surface area contributed by atoms with E-state index in [-0.39, 0.29) is 22.9 Å². The van der Waals surface area contributed by atoms with Gasteiger partial charge in [0.25, 0.3) is 5.78 Å². The van der Waals surface area contributed by atoms with Crippen LogP contribution in [0.2, 0.25) is 5.02 Å². The second-order valence-corrected chi connectivity index (χ2v) is 4.51. The molecule has 5 heteroatoms. The minimum absolute atomic E-state index is 0.0703. The molecule has 0 radical (unpaired) electrons. The molecular formula is C13H13ClO4. The van der Waals surface area contributed by atoms with E-state index in [0.29, 0.717) is 0 Å². The van der Waals surface area contributed by atoms with E-state index in [0.717, 1.165) is 30.4 Å². The number of benzene rings is 1. The van der Waals surface area contributed by atoms with Gasteiger partial charge in [-0.25, -0.2) is 4.79 Å². The molecule has 18 heavy (non-hydrogen) atoms. The number of hydrogen-bond acceptors (Lipinski definition) is 4. The van der Waals surface area contributed by atoms with Crippen LogP contribution >= 0.6 is 11.6 Å². The van der Waals surface area contributed by atoms with E-state index in [2.05, 4.69) is 4.74 Å². The molecule has 0 amide bonds. The Labute approximate surface area is 110 Å². The molecule has 0 heterocycles. The lowest BCUT2D eigenvalue weighted by molar-refractivity contribution is -0.137. The van der Waals surface area contributed by atoms with Crippen molar-refractivity contribution in [3.63, 3.8) is 0 Å². The van der Waals surface area contributed by atoms with Gasteiger partial charge >= 0.3 is 5.97 Å². The Kier molecular flexibility index (Phi) is 3.57. The number of aromatic hydroxyl groups is 1. The number of aryl methyl sites for hydroxylation is 1. The summed E-state index contributed by atoms with van der Waals surface area (Å²) in [6, 6.07) is 1.54. The van der Waals surface area contributed by atoms with Crippen molar-refractivity contribution in [3.8, 4) is 5.75 Å². The lowest BCUT2D eigenvalue weighted by Gasteiger charge is -2.09. The Bertz CT molecular complexity index is 522. The number of phenolic OH excluding ortho intramolecular Hbond substituents is 1. The molecule has 0 aromatic heterocycles. The molecule has 1 aromatic carbocycles. The molecule has 0 fully saturated rings. The third-order valence-electron chi connectivity index (χ3n) is 3.01. The van der Waals surface area contributed by atoms with Crippen molar-refractivity contribution in [2.75, 3.05) is 6.61 Å². The van der Waals surface area contributed by atoms with Gasteiger partial charge in [-0.1, -0.05) is 11.6 Å². The van der Waals surface area contributed by atoms with E-state index in [1.54, 1.807) is 13.0 Å². The maximum atomic E-state index is 11.8. The van der Waals surface area contributed by atoms with Gasteiger partial charge in [-0.15, -0.1) is 0 Å². The summed E-state index contributed by atoms with van der Waals surface area (Å²) >= 11 is 6.02. The maximum absolute atomic E-state index is 11.8. The number of esters is 1. The Morgan fingerprint density at radius 3 is 2.83 bits per heavy atom. The minimum Gasteiger partial charge on any atom is -0.506 e. The van der Waals surface area contributed by atoms with Crippen LogP contribution in [0.3, 0.4) is 0 Å². The molecule has 0 saturated heterocycles. The summed E-state index contributed by atoms with van der Waals surface area (Å²) in [6.07, 6.45) is 2.53. The average molecular weight is 269 g/mol. The van der Waals surface area contributed by atoms with Crippen LogP contribution in [0.25, 0.3) is 0 Å². The molecule has 0 bridgehead atoms. The summed E-state index contributed by atoms with van der Waals surface area (Å²) in [5.41, 5.74) is 1.72. The largest absolute Gasteiger partial charge is 0.506 e. The predicted molar refractivity (Wildman–Crippen MR) is 66.1 cm³/mol. The van der Waals surface area contributed by atoms with Crippen molar-refractivity contribution in [1.29, 1.82) is 0 Å². The second kappa shape index (κ2) is 4.98. The quantitative estimate of drug-likeness (QED) is 0.519.